The molecule has 1 aromatic heterocycles. The van der Waals surface area contributed by atoms with Crippen molar-refractivity contribution in [2.75, 3.05) is 13.7 Å². The second-order valence-corrected chi connectivity index (χ2v) is 7.35. The van der Waals surface area contributed by atoms with Gasteiger partial charge in [-0.15, -0.1) is 0 Å². The van der Waals surface area contributed by atoms with Gasteiger partial charge in [0.2, 0.25) is 0 Å². The van der Waals surface area contributed by atoms with Gasteiger partial charge in [-0.1, -0.05) is 0 Å². The minimum Gasteiger partial charge on any atom is -0.462 e. The Kier molecular flexibility index (Phi) is 5.82. The Morgan fingerprint density at radius 3 is 2.65 bits per heavy atom. The molecule has 1 saturated heterocycles. The maximum Gasteiger partial charge on any atom is 0.338 e. The van der Waals surface area contributed by atoms with Crippen LogP contribution in [0.1, 0.15) is 23.0 Å². The molecule has 0 N–H and O–H groups in total. The van der Waals surface area contributed by atoms with Crippen LogP contribution in [-0.4, -0.2) is 35.6 Å². The number of furan rings is 1. The number of carbonyl (C=O) groups is 2. The van der Waals surface area contributed by atoms with E-state index in [-0.39, 0.29) is 11.9 Å². The number of thioether (sulfide) groups is 1. The molecule has 1 fully saturated rings. The minimum absolute atomic E-state index is 0.136. The van der Waals surface area contributed by atoms with E-state index in [1.807, 2.05) is 12.1 Å². The van der Waals surface area contributed by atoms with Crippen molar-refractivity contribution in [3.8, 4) is 0 Å². The lowest BCUT2D eigenvalue weighted by Gasteiger charge is -2.07. The number of benzene rings is 1. The van der Waals surface area contributed by atoms with Crippen LogP contribution in [0.4, 0.5) is 5.69 Å². The maximum absolute atomic E-state index is 12.4. The summed E-state index contributed by atoms with van der Waals surface area (Å²) in [6.07, 6.45) is 1.71. The van der Waals surface area contributed by atoms with Crippen molar-refractivity contribution in [3.05, 3.63) is 56.4 Å². The number of hydrogen-bond donors (Lipinski definition) is 0. The number of amidine groups is 1. The standard InChI is InChI=1S/C18H15IN2O4S/c1-3-24-17(23)11-4-6-12(7-5-11)20-18-21(2)16(22)14(26-18)10-13-8-9-15(19)25-13/h4-10H,3H2,1-2H3. The van der Waals surface area contributed by atoms with Crippen molar-refractivity contribution in [2.45, 2.75) is 6.92 Å². The summed E-state index contributed by atoms with van der Waals surface area (Å²) >= 11 is 3.35. The highest BCUT2D eigenvalue weighted by Gasteiger charge is 2.30. The highest BCUT2D eigenvalue weighted by molar-refractivity contribution is 14.1. The fourth-order valence-corrected chi connectivity index (χ4v) is 3.58. The quantitative estimate of drug-likeness (QED) is 0.370. The predicted octanol–water partition coefficient (Wildman–Crippen LogP) is 4.29. The normalized spacial score (nSPS) is 17.3. The first-order chi connectivity index (χ1) is 12.5. The molecule has 0 unspecified atom stereocenters. The molecule has 0 atom stereocenters. The van der Waals surface area contributed by atoms with Gasteiger partial charge in [-0.3, -0.25) is 9.69 Å². The van der Waals surface area contributed by atoms with E-state index in [2.05, 4.69) is 27.6 Å². The summed E-state index contributed by atoms with van der Waals surface area (Å²) < 4.78 is 11.2. The van der Waals surface area contributed by atoms with Crippen molar-refractivity contribution in [1.82, 2.24) is 4.90 Å². The van der Waals surface area contributed by atoms with E-state index in [9.17, 15) is 9.59 Å². The van der Waals surface area contributed by atoms with E-state index in [0.29, 0.717) is 33.7 Å². The summed E-state index contributed by atoms with van der Waals surface area (Å²) in [5, 5.41) is 0.561. The summed E-state index contributed by atoms with van der Waals surface area (Å²) in [6, 6.07) is 10.4. The van der Waals surface area contributed by atoms with Crippen LogP contribution >= 0.6 is 34.4 Å². The molecule has 2 aromatic rings. The summed E-state index contributed by atoms with van der Waals surface area (Å²) in [6.45, 7) is 2.09. The fraction of sp³-hybridized carbons (Fsp3) is 0.167. The number of halogens is 1. The number of nitrogens with zero attached hydrogens (tertiary/aromatic N) is 2. The number of amides is 1. The molecule has 1 aliphatic rings. The number of ether oxygens (including phenoxy) is 1. The molecular formula is C18H15IN2O4S. The van der Waals surface area contributed by atoms with Crippen LogP contribution in [0.15, 0.2) is 50.7 Å². The van der Waals surface area contributed by atoms with Gasteiger partial charge in [-0.25, -0.2) is 9.79 Å². The van der Waals surface area contributed by atoms with Gasteiger partial charge >= 0.3 is 5.97 Å². The van der Waals surface area contributed by atoms with Crippen LogP contribution in [0.25, 0.3) is 6.08 Å². The lowest BCUT2D eigenvalue weighted by Crippen LogP contribution is -2.23. The second kappa shape index (κ2) is 8.09. The van der Waals surface area contributed by atoms with Gasteiger partial charge in [0.05, 0.1) is 22.8 Å². The van der Waals surface area contributed by atoms with E-state index >= 15 is 0 Å². The van der Waals surface area contributed by atoms with Crippen molar-refractivity contribution in [1.29, 1.82) is 0 Å². The molecule has 1 aliphatic heterocycles. The molecule has 0 radical (unpaired) electrons. The summed E-state index contributed by atoms with van der Waals surface area (Å²) in [5.74, 6) is 0.120. The summed E-state index contributed by atoms with van der Waals surface area (Å²) in [5.41, 5.74) is 1.11. The molecule has 134 valence electrons. The van der Waals surface area contributed by atoms with Crippen LogP contribution in [0.3, 0.4) is 0 Å². The lowest BCUT2D eigenvalue weighted by atomic mass is 10.2. The van der Waals surface area contributed by atoms with E-state index in [0.717, 1.165) is 3.77 Å². The Bertz CT molecular complexity index is 902. The van der Waals surface area contributed by atoms with E-state index < -0.39 is 0 Å². The van der Waals surface area contributed by atoms with Crippen LogP contribution < -0.4 is 0 Å². The third-order valence-electron chi connectivity index (χ3n) is 3.47. The van der Waals surface area contributed by atoms with Gasteiger partial charge in [0.15, 0.2) is 8.93 Å². The Labute approximate surface area is 168 Å². The third-order valence-corrected chi connectivity index (χ3v) is 5.11. The number of hydrogen-bond acceptors (Lipinski definition) is 6. The molecular weight excluding hydrogens is 467 g/mol. The maximum atomic E-state index is 12.4. The smallest absolute Gasteiger partial charge is 0.338 e. The SMILES string of the molecule is CCOC(=O)c1ccc(N=C2SC(=Cc3ccc(I)o3)C(=O)N2C)cc1. The number of likely N-dealkylation sites (N-methyl/N-ethyl adjacent to an activating group) is 1. The first-order valence-electron chi connectivity index (χ1n) is 7.76. The third kappa shape index (κ3) is 4.18. The van der Waals surface area contributed by atoms with Gasteiger partial charge in [0, 0.05) is 13.1 Å². The zero-order valence-electron chi connectivity index (χ0n) is 14.1. The average Bonchev–Trinajstić information content (AvgIpc) is 3.15. The molecule has 1 aromatic carbocycles. The Morgan fingerprint density at radius 1 is 1.31 bits per heavy atom. The molecule has 0 spiro atoms. The molecule has 0 bridgehead atoms. The molecule has 0 saturated carbocycles. The van der Waals surface area contributed by atoms with Gasteiger partial charge in [-0.05, 0) is 77.7 Å². The first kappa shape index (κ1) is 18.7. The van der Waals surface area contributed by atoms with Crippen LogP contribution in [0.2, 0.25) is 0 Å². The van der Waals surface area contributed by atoms with Gasteiger partial charge < -0.3 is 9.15 Å². The highest BCUT2D eigenvalue weighted by Crippen LogP contribution is 2.33. The van der Waals surface area contributed by atoms with E-state index in [4.69, 9.17) is 9.15 Å². The molecule has 6 nitrogen and oxygen atoms in total. The van der Waals surface area contributed by atoms with E-state index in [1.54, 1.807) is 44.3 Å². The van der Waals surface area contributed by atoms with Gasteiger partial charge in [0.1, 0.15) is 5.76 Å². The zero-order valence-corrected chi connectivity index (χ0v) is 17.0. The topological polar surface area (TPSA) is 72.1 Å². The van der Waals surface area contributed by atoms with Crippen molar-refractivity contribution in [2.24, 2.45) is 4.99 Å². The van der Waals surface area contributed by atoms with Crippen LogP contribution in [0, 0.1) is 3.77 Å². The predicted molar refractivity (Wildman–Crippen MR) is 109 cm³/mol. The van der Waals surface area contributed by atoms with Crippen molar-refractivity contribution >= 4 is 63.2 Å². The second-order valence-electron chi connectivity index (χ2n) is 5.28. The largest absolute Gasteiger partial charge is 0.462 e. The van der Waals surface area contributed by atoms with Crippen molar-refractivity contribution in [3.63, 3.8) is 0 Å². The number of aliphatic imine (C=N–C) groups is 1. The fourth-order valence-electron chi connectivity index (χ4n) is 2.18. The highest BCUT2D eigenvalue weighted by atomic mass is 127. The molecule has 0 aliphatic carbocycles. The molecule has 26 heavy (non-hydrogen) atoms. The number of carbonyl (C=O) groups excluding carboxylic acids is 2. The van der Waals surface area contributed by atoms with Crippen molar-refractivity contribution < 1.29 is 18.7 Å². The summed E-state index contributed by atoms with van der Waals surface area (Å²) in [4.78, 5) is 30.6. The van der Waals surface area contributed by atoms with Crippen LogP contribution in [-0.2, 0) is 9.53 Å². The minimum atomic E-state index is -0.368. The van der Waals surface area contributed by atoms with Crippen LogP contribution in [0.5, 0.6) is 0 Å². The number of rotatable bonds is 4. The Balaban J connectivity index is 1.79. The average molecular weight is 482 g/mol. The lowest BCUT2D eigenvalue weighted by molar-refractivity contribution is -0.121. The number of esters is 1. The van der Waals surface area contributed by atoms with E-state index in [1.165, 1.54) is 16.7 Å². The molecule has 1 amide bonds. The van der Waals surface area contributed by atoms with Gasteiger partial charge in [-0.2, -0.15) is 0 Å². The Hall–Kier alpha value is -2.07. The Morgan fingerprint density at radius 2 is 2.04 bits per heavy atom. The molecule has 2 heterocycles. The monoisotopic (exact) mass is 482 g/mol. The summed E-state index contributed by atoms with van der Waals surface area (Å²) in [7, 11) is 1.67. The molecule has 8 heteroatoms. The molecule has 3 rings (SSSR count). The first-order valence-corrected chi connectivity index (χ1v) is 9.66. The van der Waals surface area contributed by atoms with Gasteiger partial charge in [0.25, 0.3) is 5.91 Å². The zero-order chi connectivity index (χ0) is 18.7.